The van der Waals surface area contributed by atoms with E-state index in [1.807, 2.05) is 0 Å². The highest BCUT2D eigenvalue weighted by molar-refractivity contribution is 6.22. The maximum Gasteiger partial charge on any atom is 0.0468 e. The van der Waals surface area contributed by atoms with Crippen molar-refractivity contribution in [2.75, 3.05) is 4.90 Å². The predicted octanol–water partition coefficient (Wildman–Crippen LogP) is 19.1. The lowest BCUT2D eigenvalue weighted by Crippen LogP contribution is -2.10. The van der Waals surface area contributed by atoms with E-state index in [4.69, 9.17) is 0 Å². The van der Waals surface area contributed by atoms with Crippen LogP contribution in [-0.2, 0) is 0 Å². The largest absolute Gasteiger partial charge is 0.310 e. The van der Waals surface area contributed by atoms with Crippen molar-refractivity contribution in [3.63, 3.8) is 0 Å². The van der Waals surface area contributed by atoms with Crippen molar-refractivity contribution in [1.29, 1.82) is 0 Å². The van der Waals surface area contributed by atoms with Crippen LogP contribution in [0, 0.1) is 0 Å². The molecule has 0 atom stereocenters. The molecule has 12 aromatic carbocycles. The summed E-state index contributed by atoms with van der Waals surface area (Å²) in [6, 6.07) is 104. The van der Waals surface area contributed by atoms with E-state index in [1.54, 1.807) is 0 Å². The summed E-state index contributed by atoms with van der Waals surface area (Å²) in [5.41, 5.74) is 20.0. The van der Waals surface area contributed by atoms with Crippen molar-refractivity contribution in [2.45, 2.75) is 0 Å². The molecule has 0 unspecified atom stereocenters. The van der Waals surface area contributed by atoms with E-state index in [1.165, 1.54) is 93.9 Å². The molecule has 69 heavy (non-hydrogen) atoms. The lowest BCUT2D eigenvalue weighted by molar-refractivity contribution is 1.29. The molecule has 324 valence electrons. The molecule has 1 heteroatoms. The minimum absolute atomic E-state index is 1.07. The second-order valence-corrected chi connectivity index (χ2v) is 17.6. The molecule has 12 aromatic rings. The van der Waals surface area contributed by atoms with Crippen LogP contribution in [0.25, 0.3) is 99.4 Å². The number of anilines is 3. The maximum atomic E-state index is 2.43. The summed E-state index contributed by atoms with van der Waals surface area (Å²) < 4.78 is 0. The first-order chi connectivity index (χ1) is 34.2. The summed E-state index contributed by atoms with van der Waals surface area (Å²) in [5, 5.41) is 4.88. The van der Waals surface area contributed by atoms with Gasteiger partial charge in [0.25, 0.3) is 0 Å². The average Bonchev–Trinajstić information content (AvgIpc) is 3.44. The van der Waals surface area contributed by atoms with Gasteiger partial charge in [0, 0.05) is 17.1 Å². The molecule has 1 nitrogen and oxygen atoms in total. The van der Waals surface area contributed by atoms with Crippen LogP contribution in [0.1, 0.15) is 0 Å². The van der Waals surface area contributed by atoms with Gasteiger partial charge >= 0.3 is 0 Å². The van der Waals surface area contributed by atoms with Gasteiger partial charge in [-0.1, -0.05) is 243 Å². The Bertz CT molecular complexity index is 3720. The van der Waals surface area contributed by atoms with Gasteiger partial charge in [-0.25, -0.2) is 0 Å². The second-order valence-electron chi connectivity index (χ2n) is 17.6. The molecule has 0 aliphatic carbocycles. The molecular formula is C68H47N. The van der Waals surface area contributed by atoms with E-state index in [9.17, 15) is 0 Å². The van der Waals surface area contributed by atoms with Gasteiger partial charge in [-0.15, -0.1) is 0 Å². The van der Waals surface area contributed by atoms with Gasteiger partial charge in [0.2, 0.25) is 0 Å². The summed E-state index contributed by atoms with van der Waals surface area (Å²) in [5.74, 6) is 0. The molecule has 0 aliphatic rings. The van der Waals surface area contributed by atoms with Gasteiger partial charge in [-0.05, 0) is 142 Å². The minimum Gasteiger partial charge on any atom is -0.310 e. The zero-order valence-corrected chi connectivity index (χ0v) is 38.1. The van der Waals surface area contributed by atoms with E-state index >= 15 is 0 Å². The fourth-order valence-corrected chi connectivity index (χ4v) is 10.2. The van der Waals surface area contributed by atoms with Crippen molar-refractivity contribution < 1.29 is 0 Å². The van der Waals surface area contributed by atoms with E-state index in [0.29, 0.717) is 0 Å². The van der Waals surface area contributed by atoms with Gasteiger partial charge in [0.1, 0.15) is 0 Å². The van der Waals surface area contributed by atoms with Gasteiger partial charge < -0.3 is 4.90 Å². The summed E-state index contributed by atoms with van der Waals surface area (Å²) in [4.78, 5) is 2.43. The number of rotatable bonds is 10. The highest BCUT2D eigenvalue weighted by atomic mass is 15.1. The first-order valence-corrected chi connectivity index (χ1v) is 23.7. The van der Waals surface area contributed by atoms with Crippen molar-refractivity contribution in [3.8, 4) is 77.9 Å². The Kier molecular flexibility index (Phi) is 11.0. The topological polar surface area (TPSA) is 3.24 Å². The van der Waals surface area contributed by atoms with Crippen molar-refractivity contribution in [3.05, 3.63) is 285 Å². The normalized spacial score (nSPS) is 11.2. The third-order valence-corrected chi connectivity index (χ3v) is 13.5. The highest BCUT2D eigenvalue weighted by Crippen LogP contribution is 2.48. The van der Waals surface area contributed by atoms with E-state index in [0.717, 1.165) is 22.6 Å². The SMILES string of the molecule is c1ccc(-c2ccc(-c3ccc(N(c4ccc(-c5ccccc5)c(-c5ccccc5)c4)c4ccc5c(-c6ccccc6)c(-c6ccccc6)c6ccccc6c5c4)cc3)cc2-c2ccccc2)cc1. The Balaban J connectivity index is 1.06. The van der Waals surface area contributed by atoms with Gasteiger partial charge in [0.05, 0.1) is 0 Å². The zero-order chi connectivity index (χ0) is 45.9. The van der Waals surface area contributed by atoms with E-state index in [2.05, 4.69) is 290 Å². The van der Waals surface area contributed by atoms with Crippen molar-refractivity contribution in [1.82, 2.24) is 0 Å². The van der Waals surface area contributed by atoms with E-state index in [-0.39, 0.29) is 0 Å². The smallest absolute Gasteiger partial charge is 0.0468 e. The quantitative estimate of drug-likeness (QED) is 0.124. The summed E-state index contributed by atoms with van der Waals surface area (Å²) in [7, 11) is 0. The fourth-order valence-electron chi connectivity index (χ4n) is 10.2. The van der Waals surface area contributed by atoms with Gasteiger partial charge in [-0.2, -0.15) is 0 Å². The fraction of sp³-hybridized carbons (Fsp3) is 0. The molecule has 0 saturated heterocycles. The van der Waals surface area contributed by atoms with Crippen LogP contribution in [0.2, 0.25) is 0 Å². The summed E-state index contributed by atoms with van der Waals surface area (Å²) in [6.07, 6.45) is 0. The number of hydrogen-bond donors (Lipinski definition) is 0. The Morgan fingerprint density at radius 2 is 0.522 bits per heavy atom. The first kappa shape index (κ1) is 41.4. The summed E-state index contributed by atoms with van der Waals surface area (Å²) >= 11 is 0. The standard InChI is InChI=1S/C68H47N/c1-7-21-49(22-8-1)59-42-37-55(45-64(59)51-25-11-3-12-26-51)48-35-38-56(39-36-48)69(57-40-43-60(50-23-9-2-10-24-50)65(46-57)52-27-13-4-14-28-52)58-41-44-63-66(47-58)61-33-19-20-34-62(61)67(53-29-15-5-16-30-53)68(63)54-31-17-6-18-32-54/h1-47H. The molecule has 0 aliphatic heterocycles. The molecule has 0 fully saturated rings. The number of benzene rings is 12. The average molecular weight is 878 g/mol. The molecule has 0 radical (unpaired) electrons. The predicted molar refractivity (Wildman–Crippen MR) is 294 cm³/mol. The van der Waals surface area contributed by atoms with Crippen LogP contribution < -0.4 is 4.90 Å². The molecule has 0 amide bonds. The third-order valence-electron chi connectivity index (χ3n) is 13.5. The van der Waals surface area contributed by atoms with Gasteiger partial charge in [-0.3, -0.25) is 0 Å². The van der Waals surface area contributed by atoms with Crippen LogP contribution in [0.5, 0.6) is 0 Å². The number of nitrogens with zero attached hydrogens (tertiary/aromatic N) is 1. The van der Waals surface area contributed by atoms with Crippen LogP contribution in [0.4, 0.5) is 17.1 Å². The molecular weight excluding hydrogens is 831 g/mol. The first-order valence-electron chi connectivity index (χ1n) is 23.7. The van der Waals surface area contributed by atoms with Gasteiger partial charge in [0.15, 0.2) is 0 Å². The molecule has 12 rings (SSSR count). The monoisotopic (exact) mass is 877 g/mol. The lowest BCUT2D eigenvalue weighted by Gasteiger charge is -2.28. The Hall–Kier alpha value is -9.04. The van der Waals surface area contributed by atoms with Crippen molar-refractivity contribution >= 4 is 38.6 Å². The Morgan fingerprint density at radius 3 is 1.03 bits per heavy atom. The molecule has 0 N–H and O–H groups in total. The summed E-state index contributed by atoms with van der Waals surface area (Å²) in [6.45, 7) is 0. The molecule has 0 heterocycles. The van der Waals surface area contributed by atoms with Crippen LogP contribution >= 0.6 is 0 Å². The third kappa shape index (κ3) is 7.97. The minimum atomic E-state index is 1.07. The maximum absolute atomic E-state index is 2.43. The van der Waals surface area contributed by atoms with Crippen molar-refractivity contribution in [2.24, 2.45) is 0 Å². The molecule has 0 bridgehead atoms. The Labute approximate surface area is 404 Å². The Morgan fingerprint density at radius 1 is 0.174 bits per heavy atom. The van der Waals surface area contributed by atoms with Crippen LogP contribution in [-0.4, -0.2) is 0 Å². The zero-order valence-electron chi connectivity index (χ0n) is 38.1. The lowest BCUT2D eigenvalue weighted by atomic mass is 9.85. The molecule has 0 spiro atoms. The molecule has 0 saturated carbocycles. The number of fused-ring (bicyclic) bond motifs is 3. The van der Waals surface area contributed by atoms with E-state index < -0.39 is 0 Å². The highest BCUT2D eigenvalue weighted by Gasteiger charge is 2.22. The van der Waals surface area contributed by atoms with Crippen LogP contribution in [0.15, 0.2) is 285 Å². The van der Waals surface area contributed by atoms with Crippen LogP contribution in [0.3, 0.4) is 0 Å². The molecule has 0 aromatic heterocycles. The number of hydrogen-bond acceptors (Lipinski definition) is 1. The second kappa shape index (κ2) is 18.3.